The van der Waals surface area contributed by atoms with Crippen molar-refractivity contribution in [2.75, 3.05) is 0 Å². The number of aryl methyl sites for hydroxylation is 2. The summed E-state index contributed by atoms with van der Waals surface area (Å²) in [5.41, 5.74) is 10.4. The van der Waals surface area contributed by atoms with Gasteiger partial charge >= 0.3 is 0 Å². The quantitative estimate of drug-likeness (QED) is 0.132. The molecule has 1 amide bonds. The molecule has 0 unspecified atom stereocenters. The van der Waals surface area contributed by atoms with E-state index in [1.165, 1.54) is 6.07 Å². The second-order valence-corrected chi connectivity index (χ2v) is 9.77. The molecule has 0 saturated carbocycles. The number of nitrogens with zero attached hydrogens (tertiary/aromatic N) is 4. The molecule has 40 heavy (non-hydrogen) atoms. The van der Waals surface area contributed by atoms with Crippen LogP contribution in [0.15, 0.2) is 96.1 Å². The van der Waals surface area contributed by atoms with Gasteiger partial charge in [0.25, 0.3) is 11.6 Å². The van der Waals surface area contributed by atoms with Gasteiger partial charge in [-0.1, -0.05) is 41.9 Å². The molecule has 0 bridgehead atoms. The van der Waals surface area contributed by atoms with Crippen LogP contribution in [0.5, 0.6) is 0 Å². The zero-order valence-electron chi connectivity index (χ0n) is 22.1. The van der Waals surface area contributed by atoms with Crippen LogP contribution in [-0.4, -0.2) is 26.2 Å². The predicted octanol–water partition coefficient (Wildman–Crippen LogP) is 7.19. The largest absolute Gasteiger partial charge is 0.318 e. The van der Waals surface area contributed by atoms with Crippen LogP contribution in [0, 0.1) is 30.9 Å². The van der Waals surface area contributed by atoms with Crippen molar-refractivity contribution in [2.45, 2.75) is 20.8 Å². The third-order valence-corrected chi connectivity index (χ3v) is 7.06. The highest BCUT2D eigenvalue weighted by Crippen LogP contribution is 2.29. The van der Waals surface area contributed by atoms with Crippen LogP contribution in [0.25, 0.3) is 22.6 Å². The summed E-state index contributed by atoms with van der Waals surface area (Å²) in [6, 6.07) is 28.2. The minimum Gasteiger partial charge on any atom is -0.318 e. The number of hydrogen-bond acceptors (Lipinski definition) is 4. The fraction of sp³-hybridized carbons (Fsp3) is 0.0968. The zero-order valence-corrected chi connectivity index (χ0v) is 22.9. The Morgan fingerprint density at radius 2 is 1.57 bits per heavy atom. The highest BCUT2D eigenvalue weighted by Gasteiger charge is 2.16. The molecule has 0 aliphatic heterocycles. The molecule has 5 aromatic rings. The number of carbonyl (C=O) groups excluding carboxylic acids is 1. The standard InChI is InChI=1S/C31H26ClN5O3/c1-20-9-15-29(23-7-5-4-6-8-23)36(20)26-12-10-24(11-13-26)31(38)34-33-19-25-17-21(2)35(22(25)3)27-14-16-30(37(39)40)28(32)18-27/h4-19H,1-3H3,(H,34,38)/b33-19+. The summed E-state index contributed by atoms with van der Waals surface area (Å²) < 4.78 is 4.08. The molecule has 9 heteroatoms. The Morgan fingerprint density at radius 3 is 2.25 bits per heavy atom. The van der Waals surface area contributed by atoms with E-state index in [1.54, 1.807) is 30.5 Å². The molecule has 1 N–H and O–H groups in total. The van der Waals surface area contributed by atoms with Crippen LogP contribution in [0.2, 0.25) is 5.02 Å². The second kappa shape index (κ2) is 11.0. The van der Waals surface area contributed by atoms with Crippen molar-refractivity contribution in [3.05, 3.63) is 134 Å². The van der Waals surface area contributed by atoms with Gasteiger partial charge in [-0.15, -0.1) is 0 Å². The van der Waals surface area contributed by atoms with E-state index >= 15 is 0 Å². The van der Waals surface area contributed by atoms with Crippen LogP contribution in [0.1, 0.15) is 33.0 Å². The van der Waals surface area contributed by atoms with Gasteiger partial charge in [0.1, 0.15) is 5.02 Å². The Hall–Kier alpha value is -4.95. The lowest BCUT2D eigenvalue weighted by Gasteiger charge is -2.12. The summed E-state index contributed by atoms with van der Waals surface area (Å²) >= 11 is 6.11. The number of hydrogen-bond donors (Lipinski definition) is 1. The minimum atomic E-state index is -0.515. The highest BCUT2D eigenvalue weighted by atomic mass is 35.5. The molecule has 0 saturated heterocycles. The van der Waals surface area contributed by atoms with E-state index in [2.05, 4.69) is 46.3 Å². The third-order valence-electron chi connectivity index (χ3n) is 6.76. The van der Waals surface area contributed by atoms with Gasteiger partial charge < -0.3 is 9.13 Å². The molecule has 0 aliphatic rings. The van der Waals surface area contributed by atoms with E-state index < -0.39 is 4.92 Å². The predicted molar refractivity (Wildman–Crippen MR) is 158 cm³/mol. The Morgan fingerprint density at radius 1 is 0.875 bits per heavy atom. The Labute approximate surface area is 236 Å². The van der Waals surface area contributed by atoms with E-state index in [4.69, 9.17) is 11.6 Å². The fourth-order valence-electron chi connectivity index (χ4n) is 4.80. The topological polar surface area (TPSA) is 94.5 Å². The number of nitrogens with one attached hydrogen (secondary N) is 1. The number of aromatic nitrogens is 2. The molecule has 0 fully saturated rings. The fourth-order valence-corrected chi connectivity index (χ4v) is 5.04. The van der Waals surface area contributed by atoms with Crippen molar-refractivity contribution in [1.82, 2.24) is 14.6 Å². The Kier molecular flexibility index (Phi) is 7.35. The average molecular weight is 552 g/mol. The van der Waals surface area contributed by atoms with Gasteiger partial charge in [0.2, 0.25) is 0 Å². The maximum atomic E-state index is 12.8. The summed E-state index contributed by atoms with van der Waals surface area (Å²) in [4.78, 5) is 23.4. The molecular weight excluding hydrogens is 526 g/mol. The van der Waals surface area contributed by atoms with Gasteiger partial charge in [-0.3, -0.25) is 14.9 Å². The summed E-state index contributed by atoms with van der Waals surface area (Å²) in [5.74, 6) is -0.328. The smallest absolute Gasteiger partial charge is 0.288 e. The maximum Gasteiger partial charge on any atom is 0.288 e. The number of rotatable bonds is 7. The number of hydrazone groups is 1. The molecule has 3 aromatic carbocycles. The number of halogens is 1. The summed E-state index contributed by atoms with van der Waals surface area (Å²) in [7, 11) is 0. The normalized spacial score (nSPS) is 11.2. The maximum absolute atomic E-state index is 12.8. The van der Waals surface area contributed by atoms with Crippen LogP contribution in [0.4, 0.5) is 5.69 Å². The van der Waals surface area contributed by atoms with Gasteiger partial charge in [0.05, 0.1) is 16.8 Å². The van der Waals surface area contributed by atoms with Crippen LogP contribution in [-0.2, 0) is 0 Å². The number of amides is 1. The SMILES string of the molecule is Cc1ccc(-c2ccccc2)n1-c1ccc(C(=O)N/N=C/c2cc(C)n(-c3ccc([N+](=O)[O-])c(Cl)c3)c2C)cc1. The zero-order chi connectivity index (χ0) is 28.4. The number of carbonyl (C=O) groups is 1. The monoisotopic (exact) mass is 551 g/mol. The molecular formula is C31H26ClN5O3. The van der Waals surface area contributed by atoms with Gasteiger partial charge in [-0.05, 0) is 80.9 Å². The lowest BCUT2D eigenvalue weighted by Crippen LogP contribution is -2.17. The molecule has 8 nitrogen and oxygen atoms in total. The van der Waals surface area contributed by atoms with E-state index in [1.807, 2.05) is 54.8 Å². The van der Waals surface area contributed by atoms with Crippen LogP contribution in [0.3, 0.4) is 0 Å². The third kappa shape index (κ3) is 5.17. The van der Waals surface area contributed by atoms with Gasteiger partial charge in [0.15, 0.2) is 0 Å². The lowest BCUT2D eigenvalue weighted by molar-refractivity contribution is -0.384. The van der Waals surface area contributed by atoms with Gasteiger partial charge in [-0.2, -0.15) is 5.10 Å². The molecule has 0 aliphatic carbocycles. The first kappa shape index (κ1) is 26.6. The Balaban J connectivity index is 1.31. The number of nitro benzene ring substituents is 1. The molecule has 0 spiro atoms. The number of nitro groups is 1. The molecule has 0 radical (unpaired) electrons. The number of benzene rings is 3. The van der Waals surface area contributed by atoms with Crippen molar-refractivity contribution in [2.24, 2.45) is 5.10 Å². The van der Waals surface area contributed by atoms with Crippen molar-refractivity contribution in [3.8, 4) is 22.6 Å². The second-order valence-electron chi connectivity index (χ2n) is 9.36. The van der Waals surface area contributed by atoms with Crippen LogP contribution < -0.4 is 5.43 Å². The van der Waals surface area contributed by atoms with E-state index in [0.29, 0.717) is 11.3 Å². The van der Waals surface area contributed by atoms with E-state index in [0.717, 1.165) is 39.6 Å². The van der Waals surface area contributed by atoms with E-state index in [9.17, 15) is 14.9 Å². The van der Waals surface area contributed by atoms with Crippen LogP contribution >= 0.6 is 11.6 Å². The average Bonchev–Trinajstić information content (AvgIpc) is 3.47. The Bertz CT molecular complexity index is 1750. The lowest BCUT2D eigenvalue weighted by atomic mass is 10.1. The molecule has 5 rings (SSSR count). The first-order valence-corrected chi connectivity index (χ1v) is 12.9. The summed E-state index contributed by atoms with van der Waals surface area (Å²) in [6.45, 7) is 5.86. The minimum absolute atomic E-state index is 0.0618. The van der Waals surface area contributed by atoms with Crippen molar-refractivity contribution in [1.29, 1.82) is 0 Å². The van der Waals surface area contributed by atoms with Crippen molar-refractivity contribution < 1.29 is 9.72 Å². The van der Waals surface area contributed by atoms with Crippen molar-refractivity contribution in [3.63, 3.8) is 0 Å². The van der Waals surface area contributed by atoms with E-state index in [-0.39, 0.29) is 16.6 Å². The first-order valence-electron chi connectivity index (χ1n) is 12.6. The first-order chi connectivity index (χ1) is 19.2. The highest BCUT2D eigenvalue weighted by molar-refractivity contribution is 6.32. The van der Waals surface area contributed by atoms with Gasteiger partial charge in [0, 0.05) is 45.6 Å². The molecule has 2 heterocycles. The summed E-state index contributed by atoms with van der Waals surface area (Å²) in [5, 5.41) is 15.3. The summed E-state index contributed by atoms with van der Waals surface area (Å²) in [6.07, 6.45) is 1.58. The molecule has 0 atom stereocenters. The molecule has 2 aromatic heterocycles. The van der Waals surface area contributed by atoms with Gasteiger partial charge in [-0.25, -0.2) is 5.43 Å². The van der Waals surface area contributed by atoms with Crippen molar-refractivity contribution >= 4 is 29.4 Å². The molecule has 200 valence electrons.